The first kappa shape index (κ1) is 13.8. The molecule has 0 fully saturated rings. The van der Waals surface area contributed by atoms with E-state index >= 15 is 0 Å². The van der Waals surface area contributed by atoms with Gasteiger partial charge >= 0.3 is 5.69 Å². The summed E-state index contributed by atoms with van der Waals surface area (Å²) in [4.78, 5) is 15.2. The number of halogens is 1. The zero-order valence-electron chi connectivity index (χ0n) is 11.2. The van der Waals surface area contributed by atoms with Crippen molar-refractivity contribution in [2.24, 2.45) is 0 Å². The molecule has 2 aromatic carbocycles. The van der Waals surface area contributed by atoms with E-state index < -0.39 is 0 Å². The molecule has 0 aliphatic heterocycles. The van der Waals surface area contributed by atoms with Crippen LogP contribution < -0.4 is 5.69 Å². The summed E-state index contributed by atoms with van der Waals surface area (Å²) < 4.78 is 6.95. The van der Waals surface area contributed by atoms with Crippen LogP contribution >= 0.6 is 11.6 Å². The van der Waals surface area contributed by atoms with Gasteiger partial charge in [0.15, 0.2) is 0 Å². The van der Waals surface area contributed by atoms with Crippen molar-refractivity contribution in [3.05, 3.63) is 75.9 Å². The normalized spacial score (nSPS) is 10.9. The summed E-state index contributed by atoms with van der Waals surface area (Å²) in [5, 5.41) is 2.72. The molecular weight excluding hydrogens is 288 g/mol. The lowest BCUT2D eigenvalue weighted by molar-refractivity contribution is 0.0616. The number of nitrogens with zero attached hydrogens (tertiary/aromatic N) is 2. The number of fused-ring (bicyclic) bond motifs is 1. The highest BCUT2D eigenvalue weighted by atomic mass is 35.5. The van der Waals surface area contributed by atoms with E-state index in [1.807, 2.05) is 24.3 Å². The summed E-state index contributed by atoms with van der Waals surface area (Å²) in [6.07, 6.45) is 2.84. The van der Waals surface area contributed by atoms with Crippen molar-refractivity contribution in [2.75, 3.05) is 0 Å². The minimum atomic E-state index is -0.377. The van der Waals surface area contributed by atoms with Crippen molar-refractivity contribution < 1.29 is 4.74 Å². The summed E-state index contributed by atoms with van der Waals surface area (Å²) in [6, 6.07) is 14.2. The standard InChI is InChI=1S/C16H13ClN2O2/c17-14-8-18-16(20)19(9-14)11-21-10-13-6-3-5-12-4-1-2-7-15(12)13/h1-9H,10-11H2. The van der Waals surface area contributed by atoms with Crippen molar-refractivity contribution in [2.45, 2.75) is 13.3 Å². The van der Waals surface area contributed by atoms with E-state index in [9.17, 15) is 4.79 Å². The Balaban J connectivity index is 1.75. The predicted molar refractivity (Wildman–Crippen MR) is 82.2 cm³/mol. The Bertz CT molecular complexity index is 824. The molecule has 0 saturated carbocycles. The molecule has 0 unspecified atom stereocenters. The Kier molecular flexibility index (Phi) is 3.99. The molecule has 0 saturated heterocycles. The van der Waals surface area contributed by atoms with Gasteiger partial charge in [-0.15, -0.1) is 0 Å². The van der Waals surface area contributed by atoms with E-state index in [-0.39, 0.29) is 12.4 Å². The van der Waals surface area contributed by atoms with Crippen LogP contribution in [0.5, 0.6) is 0 Å². The Hall–Kier alpha value is -2.17. The number of hydrogen-bond donors (Lipinski definition) is 0. The molecule has 0 amide bonds. The van der Waals surface area contributed by atoms with Gasteiger partial charge in [0.25, 0.3) is 0 Å². The molecule has 3 rings (SSSR count). The van der Waals surface area contributed by atoms with Gasteiger partial charge in [-0.1, -0.05) is 54.1 Å². The number of ether oxygens (including phenoxy) is 1. The fourth-order valence-electron chi connectivity index (χ4n) is 2.19. The quantitative estimate of drug-likeness (QED) is 0.743. The van der Waals surface area contributed by atoms with Crippen LogP contribution in [0.1, 0.15) is 5.56 Å². The number of rotatable bonds is 4. The lowest BCUT2D eigenvalue weighted by atomic mass is 10.1. The summed E-state index contributed by atoms with van der Waals surface area (Å²) in [5.41, 5.74) is 0.702. The van der Waals surface area contributed by atoms with Gasteiger partial charge in [-0.2, -0.15) is 4.98 Å². The molecule has 0 spiro atoms. The van der Waals surface area contributed by atoms with Gasteiger partial charge in [0, 0.05) is 6.20 Å². The predicted octanol–water partition coefficient (Wildman–Crippen LogP) is 3.22. The molecule has 1 heterocycles. The Morgan fingerprint density at radius 1 is 1.14 bits per heavy atom. The minimum Gasteiger partial charge on any atom is -0.356 e. The van der Waals surface area contributed by atoms with E-state index in [2.05, 4.69) is 23.2 Å². The molecular formula is C16H13ClN2O2. The molecule has 0 radical (unpaired) electrons. The van der Waals surface area contributed by atoms with E-state index in [1.165, 1.54) is 22.3 Å². The number of benzene rings is 2. The van der Waals surface area contributed by atoms with Crippen molar-refractivity contribution in [3.63, 3.8) is 0 Å². The Morgan fingerprint density at radius 2 is 1.95 bits per heavy atom. The van der Waals surface area contributed by atoms with Crippen molar-refractivity contribution in [1.29, 1.82) is 0 Å². The van der Waals surface area contributed by atoms with E-state index in [4.69, 9.17) is 16.3 Å². The lowest BCUT2D eigenvalue weighted by Crippen LogP contribution is -2.23. The molecule has 0 aliphatic carbocycles. The molecule has 0 bridgehead atoms. The van der Waals surface area contributed by atoms with Gasteiger partial charge in [-0.25, -0.2) is 4.79 Å². The van der Waals surface area contributed by atoms with E-state index in [0.717, 1.165) is 10.9 Å². The van der Waals surface area contributed by atoms with Crippen LogP contribution in [-0.2, 0) is 18.1 Å². The van der Waals surface area contributed by atoms with Gasteiger partial charge in [0.05, 0.1) is 17.8 Å². The Labute approximate surface area is 126 Å². The molecule has 3 aromatic rings. The fraction of sp³-hybridized carbons (Fsp3) is 0.125. The van der Waals surface area contributed by atoms with Crippen molar-refractivity contribution >= 4 is 22.4 Å². The maximum absolute atomic E-state index is 11.5. The monoisotopic (exact) mass is 300 g/mol. The van der Waals surface area contributed by atoms with Gasteiger partial charge in [0.2, 0.25) is 0 Å². The van der Waals surface area contributed by atoms with Crippen LogP contribution in [0.3, 0.4) is 0 Å². The molecule has 0 N–H and O–H groups in total. The highest BCUT2D eigenvalue weighted by Gasteiger charge is 2.02. The third-order valence-corrected chi connectivity index (χ3v) is 3.39. The van der Waals surface area contributed by atoms with Crippen LogP contribution in [-0.4, -0.2) is 9.55 Å². The first-order valence-electron chi connectivity index (χ1n) is 6.50. The second-order valence-corrected chi connectivity index (χ2v) is 5.08. The summed E-state index contributed by atoms with van der Waals surface area (Å²) in [7, 11) is 0. The van der Waals surface area contributed by atoms with Crippen LogP contribution in [0.4, 0.5) is 0 Å². The molecule has 0 aliphatic rings. The molecule has 4 nitrogen and oxygen atoms in total. The van der Waals surface area contributed by atoms with E-state index in [1.54, 1.807) is 0 Å². The van der Waals surface area contributed by atoms with Crippen LogP contribution in [0, 0.1) is 0 Å². The summed E-state index contributed by atoms with van der Waals surface area (Å²) in [5.74, 6) is 0. The molecule has 106 valence electrons. The van der Waals surface area contributed by atoms with Crippen LogP contribution in [0.25, 0.3) is 10.8 Å². The highest BCUT2D eigenvalue weighted by molar-refractivity contribution is 6.30. The third-order valence-electron chi connectivity index (χ3n) is 3.19. The smallest absolute Gasteiger partial charge is 0.349 e. The third kappa shape index (κ3) is 3.12. The summed E-state index contributed by atoms with van der Waals surface area (Å²) in [6.45, 7) is 0.538. The highest BCUT2D eigenvalue weighted by Crippen LogP contribution is 2.19. The summed E-state index contributed by atoms with van der Waals surface area (Å²) >= 11 is 5.81. The SMILES string of the molecule is O=c1ncc(Cl)cn1COCc1cccc2ccccc12. The lowest BCUT2D eigenvalue weighted by Gasteiger charge is -2.09. The maximum Gasteiger partial charge on any atom is 0.349 e. The second-order valence-electron chi connectivity index (χ2n) is 4.64. The second kappa shape index (κ2) is 6.08. The zero-order valence-corrected chi connectivity index (χ0v) is 12.0. The fourth-order valence-corrected chi connectivity index (χ4v) is 2.36. The molecule has 21 heavy (non-hydrogen) atoms. The first-order chi connectivity index (χ1) is 10.2. The van der Waals surface area contributed by atoms with Gasteiger partial charge in [0.1, 0.15) is 6.73 Å². The average molecular weight is 301 g/mol. The van der Waals surface area contributed by atoms with Crippen molar-refractivity contribution in [3.8, 4) is 0 Å². The zero-order chi connectivity index (χ0) is 14.7. The average Bonchev–Trinajstić information content (AvgIpc) is 2.51. The molecule has 5 heteroatoms. The maximum atomic E-state index is 11.5. The first-order valence-corrected chi connectivity index (χ1v) is 6.88. The number of hydrogen-bond acceptors (Lipinski definition) is 3. The largest absolute Gasteiger partial charge is 0.356 e. The number of aromatic nitrogens is 2. The Morgan fingerprint density at radius 3 is 2.86 bits per heavy atom. The van der Waals surface area contributed by atoms with Gasteiger partial charge in [-0.05, 0) is 16.3 Å². The van der Waals surface area contributed by atoms with Crippen LogP contribution in [0.2, 0.25) is 5.02 Å². The van der Waals surface area contributed by atoms with E-state index in [0.29, 0.717) is 11.6 Å². The van der Waals surface area contributed by atoms with Gasteiger partial charge < -0.3 is 4.74 Å². The minimum absolute atomic E-state index is 0.121. The van der Waals surface area contributed by atoms with Crippen LogP contribution in [0.15, 0.2) is 59.7 Å². The topological polar surface area (TPSA) is 44.1 Å². The van der Waals surface area contributed by atoms with Crippen molar-refractivity contribution in [1.82, 2.24) is 9.55 Å². The molecule has 1 aromatic heterocycles. The van der Waals surface area contributed by atoms with Gasteiger partial charge in [-0.3, -0.25) is 4.57 Å². The molecule has 0 atom stereocenters.